The molecular weight excluding hydrogens is 286 g/mol. The number of ketones is 1. The van der Waals surface area contributed by atoms with Gasteiger partial charge in [0.25, 0.3) is 5.91 Å². The fourth-order valence-corrected chi connectivity index (χ4v) is 2.35. The molecule has 2 amide bonds. The topological polar surface area (TPSA) is 63.2 Å². The Kier molecular flexibility index (Phi) is 2.87. The average molecular weight is 296 g/mol. The lowest BCUT2D eigenvalue weighted by Crippen LogP contribution is -2.22. The maximum absolute atomic E-state index is 11.6. The molecule has 1 aliphatic rings. The van der Waals surface area contributed by atoms with E-state index in [1.165, 1.54) is 0 Å². The van der Waals surface area contributed by atoms with Gasteiger partial charge in [-0.25, -0.2) is 0 Å². The summed E-state index contributed by atoms with van der Waals surface area (Å²) in [5, 5.41) is 2.04. The number of Topliss-reactive ketones (excluding diaryl/α,β-unsaturated/α-hetero) is 1. The molecule has 17 heavy (non-hydrogen) atoms. The smallest absolute Gasteiger partial charge is 0.289 e. The van der Waals surface area contributed by atoms with Crippen LogP contribution < -0.4 is 5.32 Å². The number of imide groups is 1. The second-order valence-electron chi connectivity index (χ2n) is 4.07. The third-order valence-corrected chi connectivity index (χ3v) is 3.70. The van der Waals surface area contributed by atoms with Crippen molar-refractivity contribution in [2.24, 2.45) is 0 Å². The Morgan fingerprint density at radius 1 is 1.12 bits per heavy atom. The molecule has 0 unspecified atom stereocenters. The maximum Gasteiger partial charge on any atom is 0.295 e. The zero-order valence-electron chi connectivity index (χ0n) is 9.33. The number of amides is 2. The van der Waals surface area contributed by atoms with Gasteiger partial charge in [-0.2, -0.15) is 0 Å². The summed E-state index contributed by atoms with van der Waals surface area (Å²) in [5.41, 5.74) is 2.33. The lowest BCUT2D eigenvalue weighted by molar-refractivity contribution is -0.135. The molecule has 1 atom stereocenters. The first-order valence-corrected chi connectivity index (χ1v) is 5.87. The van der Waals surface area contributed by atoms with E-state index in [-0.39, 0.29) is 0 Å². The summed E-state index contributed by atoms with van der Waals surface area (Å²) in [4.78, 5) is 34.3. The van der Waals surface area contributed by atoms with Crippen LogP contribution in [0, 0.1) is 13.8 Å². The summed E-state index contributed by atoms with van der Waals surface area (Å²) in [5.74, 6) is -3.03. The number of benzene rings is 1. The zero-order chi connectivity index (χ0) is 12.7. The normalized spacial score (nSPS) is 19.7. The van der Waals surface area contributed by atoms with Gasteiger partial charge in [-0.05, 0) is 36.6 Å². The second kappa shape index (κ2) is 4.07. The van der Waals surface area contributed by atoms with Gasteiger partial charge in [0, 0.05) is 4.47 Å². The SMILES string of the molecule is Cc1cc([C@H]2C(=O)NC(=O)C2=O)c(C)cc1Br. The molecule has 1 aromatic carbocycles. The van der Waals surface area contributed by atoms with Gasteiger partial charge in [0.1, 0.15) is 5.92 Å². The molecule has 0 aromatic heterocycles. The van der Waals surface area contributed by atoms with Crippen molar-refractivity contribution in [1.82, 2.24) is 5.32 Å². The molecule has 0 radical (unpaired) electrons. The van der Waals surface area contributed by atoms with Gasteiger partial charge >= 0.3 is 0 Å². The number of aryl methyl sites for hydroxylation is 2. The Morgan fingerprint density at radius 3 is 2.29 bits per heavy atom. The molecule has 1 saturated heterocycles. The minimum absolute atomic E-state index is 0.537. The van der Waals surface area contributed by atoms with Crippen molar-refractivity contribution < 1.29 is 14.4 Å². The first kappa shape index (κ1) is 12.0. The van der Waals surface area contributed by atoms with Gasteiger partial charge in [-0.1, -0.05) is 22.0 Å². The molecule has 0 saturated carbocycles. The molecule has 1 aliphatic heterocycles. The molecule has 1 N–H and O–H groups in total. The van der Waals surface area contributed by atoms with E-state index >= 15 is 0 Å². The minimum atomic E-state index is -0.991. The summed E-state index contributed by atoms with van der Waals surface area (Å²) in [6, 6.07) is 3.61. The molecule has 0 bridgehead atoms. The third-order valence-electron chi connectivity index (χ3n) is 2.84. The number of nitrogens with one attached hydrogen (secondary N) is 1. The van der Waals surface area contributed by atoms with Crippen LogP contribution in [0.5, 0.6) is 0 Å². The molecule has 1 aromatic rings. The summed E-state index contributed by atoms with van der Waals surface area (Å²) in [6.45, 7) is 3.68. The Labute approximate surface area is 107 Å². The van der Waals surface area contributed by atoms with E-state index in [2.05, 4.69) is 15.9 Å². The Morgan fingerprint density at radius 2 is 1.76 bits per heavy atom. The van der Waals surface area contributed by atoms with Crippen LogP contribution in [0.1, 0.15) is 22.6 Å². The van der Waals surface area contributed by atoms with E-state index in [0.717, 1.165) is 15.6 Å². The van der Waals surface area contributed by atoms with Crippen LogP contribution in [0.15, 0.2) is 16.6 Å². The van der Waals surface area contributed by atoms with E-state index in [4.69, 9.17) is 0 Å². The monoisotopic (exact) mass is 295 g/mol. The molecule has 1 heterocycles. The Hall–Kier alpha value is -1.49. The van der Waals surface area contributed by atoms with Crippen LogP contribution in [-0.2, 0) is 14.4 Å². The van der Waals surface area contributed by atoms with Crippen molar-refractivity contribution in [2.75, 3.05) is 0 Å². The molecule has 4 nitrogen and oxygen atoms in total. The predicted octanol–water partition coefficient (Wildman–Crippen LogP) is 1.38. The minimum Gasteiger partial charge on any atom is -0.289 e. The van der Waals surface area contributed by atoms with E-state index in [1.54, 1.807) is 6.07 Å². The summed E-state index contributed by atoms with van der Waals surface area (Å²) in [7, 11) is 0. The van der Waals surface area contributed by atoms with Crippen LogP contribution >= 0.6 is 15.9 Å². The van der Waals surface area contributed by atoms with E-state index in [0.29, 0.717) is 5.56 Å². The molecule has 0 aliphatic carbocycles. The molecule has 5 heteroatoms. The molecule has 1 fully saturated rings. The number of carbonyl (C=O) groups is 3. The van der Waals surface area contributed by atoms with Crippen LogP contribution in [-0.4, -0.2) is 17.6 Å². The fraction of sp³-hybridized carbons (Fsp3) is 0.250. The standard InChI is InChI=1S/C12H10BrNO3/c1-5-4-8(13)6(2)3-7(5)9-10(15)12(17)14-11(9)16/h3-4,9H,1-2H3,(H,14,16,17)/t9-/m1/s1. The lowest BCUT2D eigenvalue weighted by Gasteiger charge is -2.11. The highest BCUT2D eigenvalue weighted by molar-refractivity contribution is 9.10. The number of hydrogen-bond donors (Lipinski definition) is 1. The highest BCUT2D eigenvalue weighted by atomic mass is 79.9. The van der Waals surface area contributed by atoms with Crippen LogP contribution in [0.3, 0.4) is 0 Å². The van der Waals surface area contributed by atoms with Gasteiger partial charge in [0.2, 0.25) is 11.7 Å². The Bertz CT molecular complexity index is 551. The van der Waals surface area contributed by atoms with Crippen molar-refractivity contribution in [3.63, 3.8) is 0 Å². The van der Waals surface area contributed by atoms with E-state index in [9.17, 15) is 14.4 Å². The van der Waals surface area contributed by atoms with Crippen molar-refractivity contribution in [2.45, 2.75) is 19.8 Å². The quantitative estimate of drug-likeness (QED) is 0.484. The first-order valence-electron chi connectivity index (χ1n) is 5.07. The third kappa shape index (κ3) is 1.91. The number of rotatable bonds is 1. The molecular formula is C12H10BrNO3. The molecule has 2 rings (SSSR count). The van der Waals surface area contributed by atoms with Gasteiger partial charge in [0.05, 0.1) is 0 Å². The molecule has 88 valence electrons. The van der Waals surface area contributed by atoms with Crippen molar-refractivity contribution in [1.29, 1.82) is 0 Å². The van der Waals surface area contributed by atoms with E-state index < -0.39 is 23.5 Å². The van der Waals surface area contributed by atoms with Gasteiger partial charge < -0.3 is 0 Å². The van der Waals surface area contributed by atoms with Gasteiger partial charge in [0.15, 0.2) is 0 Å². The van der Waals surface area contributed by atoms with Gasteiger partial charge in [-0.15, -0.1) is 0 Å². The van der Waals surface area contributed by atoms with E-state index in [1.807, 2.05) is 25.2 Å². The van der Waals surface area contributed by atoms with Crippen LogP contribution in [0.25, 0.3) is 0 Å². The number of halogens is 1. The lowest BCUT2D eigenvalue weighted by atomic mass is 9.91. The summed E-state index contributed by atoms with van der Waals surface area (Å²) in [6.07, 6.45) is 0. The van der Waals surface area contributed by atoms with Crippen molar-refractivity contribution >= 4 is 33.5 Å². The first-order chi connectivity index (χ1) is 7.91. The van der Waals surface area contributed by atoms with Crippen molar-refractivity contribution in [3.8, 4) is 0 Å². The second-order valence-corrected chi connectivity index (χ2v) is 4.93. The summed E-state index contributed by atoms with van der Waals surface area (Å²) >= 11 is 3.38. The van der Waals surface area contributed by atoms with Crippen LogP contribution in [0.4, 0.5) is 0 Å². The summed E-state index contributed by atoms with van der Waals surface area (Å²) < 4.78 is 0.913. The van der Waals surface area contributed by atoms with Gasteiger partial charge in [-0.3, -0.25) is 19.7 Å². The average Bonchev–Trinajstić information content (AvgIpc) is 2.48. The zero-order valence-corrected chi connectivity index (χ0v) is 10.9. The van der Waals surface area contributed by atoms with Crippen LogP contribution in [0.2, 0.25) is 0 Å². The fourth-order valence-electron chi connectivity index (χ4n) is 1.89. The molecule has 0 spiro atoms. The number of hydrogen-bond acceptors (Lipinski definition) is 3. The Balaban J connectivity index is 2.55. The van der Waals surface area contributed by atoms with Crippen molar-refractivity contribution in [3.05, 3.63) is 33.3 Å². The highest BCUT2D eigenvalue weighted by Crippen LogP contribution is 2.29. The predicted molar refractivity (Wildman–Crippen MR) is 64.5 cm³/mol. The maximum atomic E-state index is 11.6. The highest BCUT2D eigenvalue weighted by Gasteiger charge is 2.41. The number of carbonyl (C=O) groups excluding carboxylic acids is 3. The largest absolute Gasteiger partial charge is 0.295 e.